The Kier molecular flexibility index (Phi) is 3.90. The van der Waals surface area contributed by atoms with Gasteiger partial charge in [-0.05, 0) is 18.9 Å². The SMILES string of the molecule is C#CCN(C1CCOC1)C1CCN(c2ncnc3[nH]ccc23)C1. The van der Waals surface area contributed by atoms with Gasteiger partial charge in [-0.3, -0.25) is 4.90 Å². The predicted octanol–water partition coefficient (Wildman–Crippen LogP) is 1.26. The second-order valence-electron chi connectivity index (χ2n) is 6.22. The lowest BCUT2D eigenvalue weighted by Crippen LogP contribution is -2.45. The summed E-state index contributed by atoms with van der Waals surface area (Å²) in [6.07, 6.45) is 11.3. The number of hydrogen-bond acceptors (Lipinski definition) is 5. The van der Waals surface area contributed by atoms with Crippen molar-refractivity contribution in [2.75, 3.05) is 37.7 Å². The van der Waals surface area contributed by atoms with Gasteiger partial charge in [0, 0.05) is 38.0 Å². The second kappa shape index (κ2) is 6.19. The summed E-state index contributed by atoms with van der Waals surface area (Å²) in [5.74, 6) is 3.84. The van der Waals surface area contributed by atoms with Gasteiger partial charge in [-0.25, -0.2) is 9.97 Å². The van der Waals surface area contributed by atoms with Crippen LogP contribution in [0.5, 0.6) is 0 Å². The van der Waals surface area contributed by atoms with Crippen molar-refractivity contribution >= 4 is 16.9 Å². The fourth-order valence-corrected chi connectivity index (χ4v) is 3.76. The zero-order valence-electron chi connectivity index (χ0n) is 13.1. The van der Waals surface area contributed by atoms with Gasteiger partial charge in [0.25, 0.3) is 0 Å². The Hall–Kier alpha value is -2.10. The molecule has 2 atom stereocenters. The van der Waals surface area contributed by atoms with Gasteiger partial charge >= 0.3 is 0 Å². The molecule has 6 heteroatoms. The summed E-state index contributed by atoms with van der Waals surface area (Å²) in [6, 6.07) is 2.96. The van der Waals surface area contributed by atoms with Crippen LogP contribution >= 0.6 is 0 Å². The first kappa shape index (κ1) is 14.5. The van der Waals surface area contributed by atoms with E-state index in [4.69, 9.17) is 11.2 Å². The third-order valence-electron chi connectivity index (χ3n) is 4.91. The van der Waals surface area contributed by atoms with Gasteiger partial charge in [0.05, 0.1) is 18.5 Å². The van der Waals surface area contributed by atoms with Gasteiger partial charge in [-0.2, -0.15) is 0 Å². The molecule has 4 heterocycles. The number of fused-ring (bicyclic) bond motifs is 1. The molecule has 23 heavy (non-hydrogen) atoms. The Morgan fingerprint density at radius 1 is 1.39 bits per heavy atom. The van der Waals surface area contributed by atoms with Crippen molar-refractivity contribution in [3.63, 3.8) is 0 Å². The largest absolute Gasteiger partial charge is 0.380 e. The Labute approximate surface area is 135 Å². The maximum Gasteiger partial charge on any atom is 0.142 e. The molecule has 0 amide bonds. The van der Waals surface area contributed by atoms with E-state index in [1.807, 2.05) is 12.3 Å². The van der Waals surface area contributed by atoms with E-state index >= 15 is 0 Å². The summed E-state index contributed by atoms with van der Waals surface area (Å²) in [5, 5.41) is 1.08. The highest BCUT2D eigenvalue weighted by atomic mass is 16.5. The lowest BCUT2D eigenvalue weighted by Gasteiger charge is -2.32. The maximum absolute atomic E-state index is 5.60. The number of nitrogens with one attached hydrogen (secondary N) is 1. The summed E-state index contributed by atoms with van der Waals surface area (Å²) < 4.78 is 5.55. The lowest BCUT2D eigenvalue weighted by atomic mass is 10.1. The van der Waals surface area contributed by atoms with Gasteiger partial charge in [0.15, 0.2) is 0 Å². The summed E-state index contributed by atoms with van der Waals surface area (Å²) in [7, 11) is 0. The molecule has 4 rings (SSSR count). The number of terminal acetylenes is 1. The van der Waals surface area contributed by atoms with Gasteiger partial charge in [-0.15, -0.1) is 6.42 Å². The molecule has 0 bridgehead atoms. The van der Waals surface area contributed by atoms with Gasteiger partial charge < -0.3 is 14.6 Å². The highest BCUT2D eigenvalue weighted by molar-refractivity contribution is 5.87. The molecule has 2 fully saturated rings. The third kappa shape index (κ3) is 2.67. The molecular formula is C17H21N5O. The highest BCUT2D eigenvalue weighted by Crippen LogP contribution is 2.28. The fraction of sp³-hybridized carbons (Fsp3) is 0.529. The number of ether oxygens (including phenoxy) is 1. The van der Waals surface area contributed by atoms with Crippen LogP contribution in [0.1, 0.15) is 12.8 Å². The standard InChI is InChI=1S/C17H21N5O/c1-2-7-22(14-5-9-23-11-14)13-4-8-21(10-13)17-15-3-6-18-16(15)19-12-20-17/h1,3,6,12-14H,4-5,7-11H2,(H,18,19,20). The van der Waals surface area contributed by atoms with Crippen LogP contribution in [0, 0.1) is 12.3 Å². The third-order valence-corrected chi connectivity index (χ3v) is 4.91. The fourth-order valence-electron chi connectivity index (χ4n) is 3.76. The molecule has 2 aliphatic heterocycles. The zero-order chi connectivity index (χ0) is 15.6. The minimum absolute atomic E-state index is 0.452. The van der Waals surface area contributed by atoms with Crippen LogP contribution in [-0.2, 0) is 4.74 Å². The molecule has 0 aliphatic carbocycles. The molecular weight excluding hydrogens is 290 g/mol. The zero-order valence-corrected chi connectivity index (χ0v) is 13.1. The van der Waals surface area contributed by atoms with E-state index in [9.17, 15) is 0 Å². The van der Waals surface area contributed by atoms with Gasteiger partial charge in [0.2, 0.25) is 0 Å². The minimum Gasteiger partial charge on any atom is -0.380 e. The molecule has 6 nitrogen and oxygen atoms in total. The smallest absolute Gasteiger partial charge is 0.142 e. The van der Waals surface area contributed by atoms with Crippen LogP contribution in [0.4, 0.5) is 5.82 Å². The Morgan fingerprint density at radius 3 is 3.17 bits per heavy atom. The van der Waals surface area contributed by atoms with E-state index in [-0.39, 0.29) is 0 Å². The normalized spacial score (nSPS) is 24.6. The van der Waals surface area contributed by atoms with Crippen molar-refractivity contribution in [2.24, 2.45) is 0 Å². The van der Waals surface area contributed by atoms with Gasteiger partial charge in [-0.1, -0.05) is 5.92 Å². The minimum atomic E-state index is 0.452. The van der Waals surface area contributed by atoms with E-state index in [2.05, 4.69) is 30.7 Å². The van der Waals surface area contributed by atoms with Crippen LogP contribution in [0.25, 0.3) is 11.0 Å². The summed E-state index contributed by atoms with van der Waals surface area (Å²) in [5.41, 5.74) is 0.892. The molecule has 2 saturated heterocycles. The van der Waals surface area contributed by atoms with Crippen LogP contribution in [0.15, 0.2) is 18.6 Å². The lowest BCUT2D eigenvalue weighted by molar-refractivity contribution is 0.128. The Balaban J connectivity index is 1.54. The number of hydrogen-bond donors (Lipinski definition) is 1. The molecule has 0 radical (unpaired) electrons. The molecule has 2 aliphatic rings. The number of anilines is 1. The second-order valence-corrected chi connectivity index (χ2v) is 6.22. The van der Waals surface area contributed by atoms with E-state index in [1.165, 1.54) is 0 Å². The average Bonchev–Trinajstić information content (AvgIpc) is 3.32. The molecule has 120 valence electrons. The average molecular weight is 311 g/mol. The van der Waals surface area contributed by atoms with Crippen molar-refractivity contribution in [1.29, 1.82) is 0 Å². The van der Waals surface area contributed by atoms with Crippen LogP contribution in [-0.4, -0.2) is 64.8 Å². The first-order valence-corrected chi connectivity index (χ1v) is 8.17. The molecule has 2 aromatic rings. The topological polar surface area (TPSA) is 57.3 Å². The van der Waals surface area contributed by atoms with Crippen LogP contribution in [0.2, 0.25) is 0 Å². The van der Waals surface area contributed by atoms with E-state index in [0.717, 1.165) is 56.0 Å². The van der Waals surface area contributed by atoms with E-state index in [0.29, 0.717) is 18.6 Å². The molecule has 0 spiro atoms. The number of aromatic amines is 1. The molecule has 2 aromatic heterocycles. The molecule has 0 saturated carbocycles. The molecule has 2 unspecified atom stereocenters. The summed E-state index contributed by atoms with van der Waals surface area (Å²) >= 11 is 0. The first-order chi connectivity index (χ1) is 11.4. The number of nitrogens with zero attached hydrogens (tertiary/aromatic N) is 4. The number of aromatic nitrogens is 3. The van der Waals surface area contributed by atoms with Crippen molar-refractivity contribution in [1.82, 2.24) is 19.9 Å². The highest BCUT2D eigenvalue weighted by Gasteiger charge is 2.34. The Morgan fingerprint density at radius 2 is 2.35 bits per heavy atom. The van der Waals surface area contributed by atoms with E-state index in [1.54, 1.807) is 6.33 Å². The van der Waals surface area contributed by atoms with Crippen LogP contribution in [0.3, 0.4) is 0 Å². The first-order valence-electron chi connectivity index (χ1n) is 8.17. The van der Waals surface area contributed by atoms with Crippen molar-refractivity contribution < 1.29 is 4.74 Å². The van der Waals surface area contributed by atoms with Crippen molar-refractivity contribution in [3.05, 3.63) is 18.6 Å². The van der Waals surface area contributed by atoms with Crippen LogP contribution < -0.4 is 4.90 Å². The number of H-pyrrole nitrogens is 1. The molecule has 1 N–H and O–H groups in total. The quantitative estimate of drug-likeness (QED) is 0.862. The van der Waals surface area contributed by atoms with E-state index < -0.39 is 0 Å². The Bertz CT molecular complexity index is 715. The van der Waals surface area contributed by atoms with Gasteiger partial charge in [0.1, 0.15) is 17.8 Å². The molecule has 0 aromatic carbocycles. The summed E-state index contributed by atoms with van der Waals surface area (Å²) in [6.45, 7) is 4.29. The monoisotopic (exact) mass is 311 g/mol. The maximum atomic E-state index is 5.60. The van der Waals surface area contributed by atoms with Crippen molar-refractivity contribution in [3.8, 4) is 12.3 Å². The summed E-state index contributed by atoms with van der Waals surface area (Å²) in [4.78, 5) is 16.7. The predicted molar refractivity (Wildman–Crippen MR) is 89.3 cm³/mol. The van der Waals surface area contributed by atoms with Crippen molar-refractivity contribution in [2.45, 2.75) is 24.9 Å². The number of rotatable bonds is 4.